The average Bonchev–Trinajstić information content (AvgIpc) is 3.75. The van der Waals surface area contributed by atoms with E-state index in [1.165, 1.54) is 29.6 Å². The van der Waals surface area contributed by atoms with Gasteiger partial charge >= 0.3 is 254 Å². The molecular formula is C34H20N2O2SSe2. The summed E-state index contributed by atoms with van der Waals surface area (Å²) >= 11 is 1.35. The summed E-state index contributed by atoms with van der Waals surface area (Å²) in [6, 6.07) is 42.1. The van der Waals surface area contributed by atoms with Gasteiger partial charge in [0.1, 0.15) is 0 Å². The van der Waals surface area contributed by atoms with Crippen molar-refractivity contribution in [2.75, 3.05) is 0 Å². The summed E-state index contributed by atoms with van der Waals surface area (Å²) in [6.45, 7) is 0. The van der Waals surface area contributed by atoms with Gasteiger partial charge in [-0.05, 0) is 0 Å². The van der Waals surface area contributed by atoms with Crippen LogP contribution in [0.2, 0.25) is 0 Å². The molecule has 8 rings (SSSR count). The van der Waals surface area contributed by atoms with Gasteiger partial charge < -0.3 is 0 Å². The topological polar surface area (TPSA) is 52.1 Å². The third-order valence-electron chi connectivity index (χ3n) is 6.93. The third kappa shape index (κ3) is 4.43. The number of nitrogens with zero attached hydrogens (tertiary/aromatic N) is 2. The van der Waals surface area contributed by atoms with Gasteiger partial charge in [0.25, 0.3) is 0 Å². The molecule has 0 aliphatic carbocycles. The monoisotopic (exact) mass is 680 g/mol. The first-order valence-electron chi connectivity index (χ1n) is 13.1. The first-order valence-corrected chi connectivity index (χ1v) is 17.2. The minimum absolute atomic E-state index is 0.0573. The van der Waals surface area contributed by atoms with Crippen LogP contribution in [-0.4, -0.2) is 38.7 Å². The van der Waals surface area contributed by atoms with Gasteiger partial charge in [-0.15, -0.1) is 0 Å². The van der Waals surface area contributed by atoms with Crippen molar-refractivity contribution in [1.82, 2.24) is 8.75 Å². The summed E-state index contributed by atoms with van der Waals surface area (Å²) in [6.07, 6.45) is 0. The van der Waals surface area contributed by atoms with Crippen LogP contribution in [0.4, 0.5) is 0 Å². The van der Waals surface area contributed by atoms with Crippen molar-refractivity contribution in [2.24, 2.45) is 0 Å². The van der Waals surface area contributed by atoms with Crippen molar-refractivity contribution in [3.63, 3.8) is 0 Å². The Morgan fingerprint density at radius 2 is 0.878 bits per heavy atom. The maximum atomic E-state index is 6.56. The molecule has 0 atom stereocenters. The van der Waals surface area contributed by atoms with Crippen LogP contribution < -0.4 is 17.8 Å². The molecule has 7 heteroatoms. The van der Waals surface area contributed by atoms with Crippen LogP contribution in [0.3, 0.4) is 0 Å². The van der Waals surface area contributed by atoms with Gasteiger partial charge in [0, 0.05) is 0 Å². The van der Waals surface area contributed by atoms with Gasteiger partial charge in [-0.25, -0.2) is 0 Å². The Balaban J connectivity index is 1.32. The van der Waals surface area contributed by atoms with E-state index in [0.29, 0.717) is 0 Å². The Labute approximate surface area is 252 Å². The number of benzene rings is 5. The Bertz CT molecular complexity index is 2010. The second-order valence-corrected chi connectivity index (χ2v) is 14.5. The fourth-order valence-electron chi connectivity index (χ4n) is 5.05. The number of hydrogen-bond donors (Lipinski definition) is 0. The average molecular weight is 679 g/mol. The summed E-state index contributed by atoms with van der Waals surface area (Å²) in [5.74, 6) is 1.75. The Morgan fingerprint density at radius 1 is 0.463 bits per heavy atom. The van der Waals surface area contributed by atoms with Gasteiger partial charge in [0.05, 0.1) is 0 Å². The molecule has 3 aromatic heterocycles. The van der Waals surface area contributed by atoms with E-state index in [4.69, 9.17) is 17.6 Å². The molecule has 0 bridgehead atoms. The van der Waals surface area contributed by atoms with Crippen molar-refractivity contribution in [3.8, 4) is 22.6 Å². The second-order valence-electron chi connectivity index (χ2n) is 9.47. The standard InChI is InChI=1S/C34H20N2O2SSe2/c1-3-11-21(12-4-1)40-33-23-15-7-9-17-27(23)37-31(33)25-19-20-26(30-29(25)35-39-36-30)32-34(41-22-13-5-2-6-14-22)24-16-8-10-18-28(24)38-32/h1-20H. The van der Waals surface area contributed by atoms with Crippen LogP contribution in [0, 0.1) is 0 Å². The zero-order valence-corrected chi connectivity index (χ0v) is 25.7. The SMILES string of the molecule is c1ccc([Se]c2c(-c3ccc(-c4oc5ccccc5c4[Se]c4ccccc4)c4nsnc34)oc3ccccc23)cc1. The van der Waals surface area contributed by atoms with E-state index in [2.05, 4.69) is 97.1 Å². The predicted octanol–water partition coefficient (Wildman–Crippen LogP) is 5.83. The van der Waals surface area contributed by atoms with Gasteiger partial charge in [0.2, 0.25) is 0 Å². The Kier molecular flexibility index (Phi) is 6.33. The summed E-state index contributed by atoms with van der Waals surface area (Å²) in [5.41, 5.74) is 5.40. The first kappa shape index (κ1) is 24.8. The molecule has 196 valence electrons. The molecule has 8 aromatic rings. The molecule has 0 aliphatic rings. The molecule has 0 saturated heterocycles. The number of hydrogen-bond acceptors (Lipinski definition) is 5. The van der Waals surface area contributed by atoms with Crippen LogP contribution >= 0.6 is 11.7 Å². The molecule has 5 aromatic carbocycles. The van der Waals surface area contributed by atoms with E-state index in [-0.39, 0.29) is 29.9 Å². The second kappa shape index (κ2) is 10.5. The van der Waals surface area contributed by atoms with Crippen LogP contribution in [0.25, 0.3) is 55.6 Å². The molecule has 0 saturated carbocycles. The zero-order valence-electron chi connectivity index (χ0n) is 21.5. The van der Waals surface area contributed by atoms with E-state index < -0.39 is 0 Å². The van der Waals surface area contributed by atoms with E-state index in [0.717, 1.165) is 55.6 Å². The van der Waals surface area contributed by atoms with E-state index in [1.807, 2.05) is 24.3 Å². The molecule has 3 heterocycles. The number of aromatic nitrogens is 2. The summed E-state index contributed by atoms with van der Waals surface area (Å²) in [4.78, 5) is 0. The maximum absolute atomic E-state index is 6.56. The molecule has 4 nitrogen and oxygen atoms in total. The summed E-state index contributed by atoms with van der Waals surface area (Å²) < 4.78 is 27.8. The number of rotatable bonds is 6. The van der Waals surface area contributed by atoms with Crippen molar-refractivity contribution in [2.45, 2.75) is 0 Å². The van der Waals surface area contributed by atoms with Crippen LogP contribution in [0.5, 0.6) is 0 Å². The predicted molar refractivity (Wildman–Crippen MR) is 171 cm³/mol. The fraction of sp³-hybridized carbons (Fsp3) is 0. The quantitative estimate of drug-likeness (QED) is 0.208. The molecule has 0 fully saturated rings. The van der Waals surface area contributed by atoms with Crippen molar-refractivity contribution in [3.05, 3.63) is 121 Å². The number of furan rings is 2. The fourth-order valence-corrected chi connectivity index (χ4v) is 10.0. The van der Waals surface area contributed by atoms with Crippen molar-refractivity contribution < 1.29 is 8.83 Å². The van der Waals surface area contributed by atoms with Gasteiger partial charge in [-0.1, -0.05) is 0 Å². The van der Waals surface area contributed by atoms with E-state index in [1.54, 1.807) is 0 Å². The summed E-state index contributed by atoms with van der Waals surface area (Å²) in [7, 11) is 0. The van der Waals surface area contributed by atoms with Gasteiger partial charge in [0.15, 0.2) is 0 Å². The minimum atomic E-state index is 0.0573. The number of para-hydroxylation sites is 2. The summed E-state index contributed by atoms with van der Waals surface area (Å²) in [5, 5.41) is 2.30. The third-order valence-corrected chi connectivity index (χ3v) is 12.1. The van der Waals surface area contributed by atoms with Crippen LogP contribution in [0.15, 0.2) is 130 Å². The van der Waals surface area contributed by atoms with E-state index >= 15 is 0 Å². The van der Waals surface area contributed by atoms with Crippen LogP contribution in [-0.2, 0) is 0 Å². The first-order chi connectivity index (χ1) is 20.3. The molecule has 0 N–H and O–H groups in total. The van der Waals surface area contributed by atoms with Gasteiger partial charge in [-0.2, -0.15) is 0 Å². The molecule has 0 amide bonds. The Morgan fingerprint density at radius 3 is 1.34 bits per heavy atom. The van der Waals surface area contributed by atoms with Gasteiger partial charge in [-0.3, -0.25) is 0 Å². The van der Waals surface area contributed by atoms with Crippen molar-refractivity contribution >= 4 is 92.5 Å². The number of fused-ring (bicyclic) bond motifs is 3. The van der Waals surface area contributed by atoms with Crippen LogP contribution in [0.1, 0.15) is 0 Å². The van der Waals surface area contributed by atoms with E-state index in [9.17, 15) is 0 Å². The van der Waals surface area contributed by atoms with Crippen molar-refractivity contribution in [1.29, 1.82) is 0 Å². The zero-order chi connectivity index (χ0) is 27.2. The molecule has 0 spiro atoms. The molecular weight excluding hydrogens is 658 g/mol. The molecule has 41 heavy (non-hydrogen) atoms. The molecule has 0 aliphatic heterocycles. The Hall–Kier alpha value is -3.96. The molecule has 0 radical (unpaired) electrons. The molecule has 0 unspecified atom stereocenters. The normalized spacial score (nSPS) is 11.6.